The SMILES string of the molecule is COCCC(C)C(O)c1ccoc1. The summed E-state index contributed by atoms with van der Waals surface area (Å²) in [5.74, 6) is 0.192. The van der Waals surface area contributed by atoms with E-state index in [1.807, 2.05) is 6.92 Å². The third-order valence-corrected chi connectivity index (χ3v) is 2.20. The Morgan fingerprint density at radius 2 is 2.38 bits per heavy atom. The molecular formula is C10H16O3. The monoisotopic (exact) mass is 184 g/mol. The minimum absolute atomic E-state index is 0.192. The molecule has 3 heteroatoms. The van der Waals surface area contributed by atoms with E-state index in [9.17, 15) is 5.11 Å². The number of ether oxygens (including phenoxy) is 1. The molecule has 0 saturated heterocycles. The van der Waals surface area contributed by atoms with E-state index in [0.29, 0.717) is 6.61 Å². The van der Waals surface area contributed by atoms with Gasteiger partial charge in [-0.25, -0.2) is 0 Å². The maximum atomic E-state index is 9.79. The molecule has 0 radical (unpaired) electrons. The standard InChI is InChI=1S/C10H16O3/c1-8(3-5-12-2)10(11)9-4-6-13-7-9/h4,6-8,10-11H,3,5H2,1-2H3. The van der Waals surface area contributed by atoms with Crippen LogP contribution in [-0.4, -0.2) is 18.8 Å². The molecule has 0 saturated carbocycles. The van der Waals surface area contributed by atoms with Crippen molar-refractivity contribution in [1.82, 2.24) is 0 Å². The van der Waals surface area contributed by atoms with Gasteiger partial charge < -0.3 is 14.3 Å². The molecule has 3 nitrogen and oxygen atoms in total. The van der Waals surface area contributed by atoms with E-state index in [4.69, 9.17) is 9.15 Å². The second-order valence-electron chi connectivity index (χ2n) is 3.26. The lowest BCUT2D eigenvalue weighted by molar-refractivity contribution is 0.0881. The summed E-state index contributed by atoms with van der Waals surface area (Å²) in [6.07, 6.45) is 3.55. The largest absolute Gasteiger partial charge is 0.472 e. The van der Waals surface area contributed by atoms with Crippen molar-refractivity contribution in [3.8, 4) is 0 Å². The zero-order valence-electron chi connectivity index (χ0n) is 8.06. The first-order chi connectivity index (χ1) is 6.25. The first-order valence-corrected chi connectivity index (χ1v) is 4.44. The summed E-state index contributed by atoms with van der Waals surface area (Å²) in [5.41, 5.74) is 0.837. The number of hydrogen-bond acceptors (Lipinski definition) is 3. The molecule has 0 aliphatic carbocycles. The number of aliphatic hydroxyl groups is 1. The van der Waals surface area contributed by atoms with Gasteiger partial charge in [-0.05, 0) is 18.4 Å². The summed E-state index contributed by atoms with van der Waals surface area (Å²) in [4.78, 5) is 0. The van der Waals surface area contributed by atoms with Gasteiger partial charge in [-0.15, -0.1) is 0 Å². The van der Waals surface area contributed by atoms with Crippen molar-refractivity contribution in [2.24, 2.45) is 5.92 Å². The maximum Gasteiger partial charge on any atom is 0.0960 e. The van der Waals surface area contributed by atoms with Gasteiger partial charge in [0.25, 0.3) is 0 Å². The number of rotatable bonds is 5. The average Bonchev–Trinajstić information content (AvgIpc) is 2.65. The lowest BCUT2D eigenvalue weighted by Crippen LogP contribution is -2.10. The van der Waals surface area contributed by atoms with E-state index >= 15 is 0 Å². The smallest absolute Gasteiger partial charge is 0.0960 e. The Balaban J connectivity index is 2.43. The molecule has 2 atom stereocenters. The molecule has 0 amide bonds. The fourth-order valence-corrected chi connectivity index (χ4v) is 1.23. The van der Waals surface area contributed by atoms with Crippen molar-refractivity contribution in [1.29, 1.82) is 0 Å². The molecule has 0 fully saturated rings. The van der Waals surface area contributed by atoms with Crippen LogP contribution < -0.4 is 0 Å². The van der Waals surface area contributed by atoms with Gasteiger partial charge >= 0.3 is 0 Å². The minimum atomic E-state index is -0.450. The highest BCUT2D eigenvalue weighted by Gasteiger charge is 2.16. The quantitative estimate of drug-likeness (QED) is 0.760. The van der Waals surface area contributed by atoms with Crippen molar-refractivity contribution in [3.63, 3.8) is 0 Å². The molecule has 1 aromatic heterocycles. The molecule has 0 aliphatic heterocycles. The Labute approximate surface area is 78.3 Å². The summed E-state index contributed by atoms with van der Waals surface area (Å²) in [6.45, 7) is 2.67. The Kier molecular flexibility index (Phi) is 3.99. The van der Waals surface area contributed by atoms with Crippen LogP contribution in [0.25, 0.3) is 0 Å². The minimum Gasteiger partial charge on any atom is -0.472 e. The second kappa shape index (κ2) is 5.04. The van der Waals surface area contributed by atoms with Crippen molar-refractivity contribution in [3.05, 3.63) is 24.2 Å². The Morgan fingerprint density at radius 1 is 1.62 bits per heavy atom. The fourth-order valence-electron chi connectivity index (χ4n) is 1.23. The Bertz CT molecular complexity index is 218. The van der Waals surface area contributed by atoms with Crippen LogP contribution in [0, 0.1) is 5.92 Å². The molecule has 0 bridgehead atoms. The van der Waals surface area contributed by atoms with E-state index < -0.39 is 6.10 Å². The molecule has 13 heavy (non-hydrogen) atoms. The van der Waals surface area contributed by atoms with Gasteiger partial charge in [-0.2, -0.15) is 0 Å². The van der Waals surface area contributed by atoms with Crippen LogP contribution >= 0.6 is 0 Å². The Hall–Kier alpha value is -0.800. The van der Waals surface area contributed by atoms with Gasteiger partial charge in [0.1, 0.15) is 0 Å². The van der Waals surface area contributed by atoms with Crippen LogP contribution in [0.3, 0.4) is 0 Å². The molecular weight excluding hydrogens is 168 g/mol. The average molecular weight is 184 g/mol. The lowest BCUT2D eigenvalue weighted by Gasteiger charge is -2.16. The van der Waals surface area contributed by atoms with E-state index in [0.717, 1.165) is 12.0 Å². The summed E-state index contributed by atoms with van der Waals surface area (Å²) in [6, 6.07) is 1.79. The topological polar surface area (TPSA) is 42.6 Å². The normalized spacial score (nSPS) is 15.6. The number of furan rings is 1. The summed E-state index contributed by atoms with van der Waals surface area (Å²) in [5, 5.41) is 9.79. The van der Waals surface area contributed by atoms with Crippen LogP contribution in [0.2, 0.25) is 0 Å². The zero-order valence-corrected chi connectivity index (χ0v) is 8.06. The molecule has 1 heterocycles. The maximum absolute atomic E-state index is 9.79. The predicted molar refractivity (Wildman–Crippen MR) is 49.3 cm³/mol. The molecule has 0 aromatic carbocycles. The third kappa shape index (κ3) is 2.86. The highest BCUT2D eigenvalue weighted by atomic mass is 16.5. The molecule has 1 aromatic rings. The van der Waals surface area contributed by atoms with Crippen LogP contribution in [0.15, 0.2) is 23.0 Å². The Morgan fingerprint density at radius 3 is 2.92 bits per heavy atom. The highest BCUT2D eigenvalue weighted by Crippen LogP contribution is 2.24. The van der Waals surface area contributed by atoms with Crippen LogP contribution in [-0.2, 0) is 4.74 Å². The molecule has 0 aliphatic rings. The van der Waals surface area contributed by atoms with E-state index in [1.165, 1.54) is 0 Å². The van der Waals surface area contributed by atoms with Crippen molar-refractivity contribution >= 4 is 0 Å². The number of methoxy groups -OCH3 is 1. The van der Waals surface area contributed by atoms with Gasteiger partial charge in [-0.1, -0.05) is 6.92 Å². The van der Waals surface area contributed by atoms with Crippen molar-refractivity contribution in [2.45, 2.75) is 19.4 Å². The van der Waals surface area contributed by atoms with Gasteiger partial charge in [0.2, 0.25) is 0 Å². The molecule has 1 N–H and O–H groups in total. The van der Waals surface area contributed by atoms with Gasteiger partial charge in [0, 0.05) is 19.3 Å². The summed E-state index contributed by atoms with van der Waals surface area (Å²) >= 11 is 0. The van der Waals surface area contributed by atoms with Crippen LogP contribution in [0.4, 0.5) is 0 Å². The molecule has 74 valence electrons. The van der Waals surface area contributed by atoms with Crippen LogP contribution in [0.5, 0.6) is 0 Å². The number of aliphatic hydroxyl groups excluding tert-OH is 1. The number of hydrogen-bond donors (Lipinski definition) is 1. The van der Waals surface area contributed by atoms with E-state index in [-0.39, 0.29) is 5.92 Å². The lowest BCUT2D eigenvalue weighted by atomic mass is 9.97. The van der Waals surface area contributed by atoms with E-state index in [1.54, 1.807) is 25.7 Å². The zero-order chi connectivity index (χ0) is 9.68. The second-order valence-corrected chi connectivity index (χ2v) is 3.26. The molecule has 1 rings (SSSR count). The van der Waals surface area contributed by atoms with Gasteiger partial charge in [-0.3, -0.25) is 0 Å². The summed E-state index contributed by atoms with van der Waals surface area (Å²) < 4.78 is 9.84. The first-order valence-electron chi connectivity index (χ1n) is 4.44. The fraction of sp³-hybridized carbons (Fsp3) is 0.600. The third-order valence-electron chi connectivity index (χ3n) is 2.20. The summed E-state index contributed by atoms with van der Waals surface area (Å²) in [7, 11) is 1.66. The van der Waals surface area contributed by atoms with Crippen molar-refractivity contribution in [2.75, 3.05) is 13.7 Å². The predicted octanol–water partition coefficient (Wildman–Crippen LogP) is 1.99. The highest BCUT2D eigenvalue weighted by molar-refractivity contribution is 5.09. The first kappa shape index (κ1) is 10.3. The van der Waals surface area contributed by atoms with Gasteiger partial charge in [0.05, 0.1) is 18.6 Å². The van der Waals surface area contributed by atoms with Crippen molar-refractivity contribution < 1.29 is 14.3 Å². The van der Waals surface area contributed by atoms with Gasteiger partial charge in [0.15, 0.2) is 0 Å². The van der Waals surface area contributed by atoms with E-state index in [2.05, 4.69) is 0 Å². The molecule has 2 unspecified atom stereocenters. The molecule has 0 spiro atoms. The van der Waals surface area contributed by atoms with Crippen LogP contribution in [0.1, 0.15) is 25.0 Å².